The molecule has 1 aromatic heterocycles. The molecule has 0 fully saturated rings. The van der Waals surface area contributed by atoms with Crippen molar-refractivity contribution in [1.29, 1.82) is 0 Å². The smallest absolute Gasteiger partial charge is 0.344 e. The molecule has 0 amide bonds. The lowest BCUT2D eigenvalue weighted by atomic mass is 10.2. The number of para-hydroxylation sites is 3. The van der Waals surface area contributed by atoms with Gasteiger partial charge in [-0.1, -0.05) is 49.4 Å². The number of benzene rings is 3. The van der Waals surface area contributed by atoms with Crippen LogP contribution in [0.1, 0.15) is 25.3 Å². The maximum atomic E-state index is 11.4. The van der Waals surface area contributed by atoms with Crippen LogP contribution in [-0.2, 0) is 18.4 Å². The molecule has 35 heavy (non-hydrogen) atoms. The van der Waals surface area contributed by atoms with Gasteiger partial charge < -0.3 is 24.0 Å². The monoisotopic (exact) mass is 473 g/mol. The molecule has 0 radical (unpaired) electrons. The normalized spacial score (nSPS) is 11.8. The number of carbonyl (C=O) groups is 1. The van der Waals surface area contributed by atoms with E-state index in [0.717, 1.165) is 41.3 Å². The molecule has 3 aromatic carbocycles. The Morgan fingerprint density at radius 2 is 1.77 bits per heavy atom. The van der Waals surface area contributed by atoms with Gasteiger partial charge in [-0.25, -0.2) is 9.78 Å². The first-order valence-electron chi connectivity index (χ1n) is 11.9. The minimum atomic E-state index is -0.961. The predicted molar refractivity (Wildman–Crippen MR) is 137 cm³/mol. The molecule has 1 unspecified atom stereocenters. The van der Waals surface area contributed by atoms with Gasteiger partial charge in [0.05, 0.1) is 17.6 Å². The first-order valence-corrected chi connectivity index (χ1v) is 11.9. The Bertz CT molecular complexity index is 1260. The fourth-order valence-electron chi connectivity index (χ4n) is 4.04. The molecule has 4 rings (SSSR count). The van der Waals surface area contributed by atoms with Crippen LogP contribution in [0.2, 0.25) is 0 Å². The highest BCUT2D eigenvalue weighted by Gasteiger charge is 2.18. The van der Waals surface area contributed by atoms with Crippen LogP contribution in [0.5, 0.6) is 11.5 Å². The summed E-state index contributed by atoms with van der Waals surface area (Å²) in [5.74, 6) is 1.32. The molecule has 0 aliphatic carbocycles. The van der Waals surface area contributed by atoms with Gasteiger partial charge in [-0.05, 0) is 54.8 Å². The zero-order chi connectivity index (χ0) is 24.6. The number of hydrogen-bond acceptors (Lipinski definition) is 5. The third-order valence-corrected chi connectivity index (χ3v) is 5.83. The van der Waals surface area contributed by atoms with Gasteiger partial charge in [-0.15, -0.1) is 0 Å². The molecular formula is C28H31N3O4. The minimum Gasteiger partial charge on any atom is -0.494 e. The highest BCUT2D eigenvalue weighted by atomic mass is 16.5. The topological polar surface area (TPSA) is 76.8 Å². The number of anilines is 1. The van der Waals surface area contributed by atoms with Crippen molar-refractivity contribution >= 4 is 23.0 Å². The summed E-state index contributed by atoms with van der Waals surface area (Å²) < 4.78 is 13.7. The molecule has 0 saturated heterocycles. The molecule has 0 saturated carbocycles. The first kappa shape index (κ1) is 24.1. The zero-order valence-electron chi connectivity index (χ0n) is 20.1. The quantitative estimate of drug-likeness (QED) is 0.282. The SMILES string of the molecule is CCC(Oc1cccc(CN(CCCOc2ccccc2)c2nc3ccccc3n2C)c1)C(=O)O. The standard InChI is InChI=1S/C28H31N3O4/c1-3-26(27(32)33)35-23-14-9-11-21(19-23)20-31(17-10-18-34-22-12-5-4-6-13-22)28-29-24-15-7-8-16-25(24)30(28)2/h4-9,11-16,19,26H,3,10,17-18,20H2,1-2H3,(H,32,33). The maximum Gasteiger partial charge on any atom is 0.344 e. The predicted octanol–water partition coefficient (Wildman–Crippen LogP) is 5.29. The molecular weight excluding hydrogens is 442 g/mol. The maximum absolute atomic E-state index is 11.4. The van der Waals surface area contributed by atoms with E-state index in [9.17, 15) is 9.90 Å². The van der Waals surface area contributed by atoms with Crippen LogP contribution in [0, 0.1) is 0 Å². The lowest BCUT2D eigenvalue weighted by Crippen LogP contribution is -2.28. The second-order valence-corrected chi connectivity index (χ2v) is 8.40. The van der Waals surface area contributed by atoms with Gasteiger partial charge in [-0.3, -0.25) is 0 Å². The number of hydrogen-bond donors (Lipinski definition) is 1. The lowest BCUT2D eigenvalue weighted by Gasteiger charge is -2.24. The molecule has 7 heteroatoms. The average molecular weight is 474 g/mol. The number of rotatable bonds is 12. The zero-order valence-corrected chi connectivity index (χ0v) is 20.1. The van der Waals surface area contributed by atoms with E-state index in [-0.39, 0.29) is 0 Å². The van der Waals surface area contributed by atoms with Crippen molar-refractivity contribution in [2.45, 2.75) is 32.4 Å². The van der Waals surface area contributed by atoms with Gasteiger partial charge in [0, 0.05) is 20.1 Å². The molecule has 0 spiro atoms. The molecule has 1 heterocycles. The van der Waals surface area contributed by atoms with Crippen molar-refractivity contribution < 1.29 is 19.4 Å². The Kier molecular flexibility index (Phi) is 7.88. The summed E-state index contributed by atoms with van der Waals surface area (Å²) in [6, 6.07) is 25.5. The van der Waals surface area contributed by atoms with Crippen LogP contribution in [0.4, 0.5) is 5.95 Å². The number of aryl methyl sites for hydroxylation is 1. The highest BCUT2D eigenvalue weighted by molar-refractivity contribution is 5.78. The number of nitrogens with zero attached hydrogens (tertiary/aromatic N) is 3. The van der Waals surface area contributed by atoms with Crippen molar-refractivity contribution in [2.75, 3.05) is 18.1 Å². The second-order valence-electron chi connectivity index (χ2n) is 8.40. The van der Waals surface area contributed by atoms with Crippen molar-refractivity contribution in [3.63, 3.8) is 0 Å². The van der Waals surface area contributed by atoms with Crippen molar-refractivity contribution in [1.82, 2.24) is 9.55 Å². The van der Waals surface area contributed by atoms with Gasteiger partial charge in [0.25, 0.3) is 0 Å². The Hall–Kier alpha value is -4.00. The number of carboxylic acid groups (broad SMARTS) is 1. The van der Waals surface area contributed by atoms with E-state index in [4.69, 9.17) is 14.5 Å². The minimum absolute atomic E-state index is 0.396. The molecule has 7 nitrogen and oxygen atoms in total. The van der Waals surface area contributed by atoms with E-state index in [0.29, 0.717) is 25.3 Å². The third kappa shape index (κ3) is 6.12. The average Bonchev–Trinajstić information content (AvgIpc) is 3.21. The van der Waals surface area contributed by atoms with Gasteiger partial charge >= 0.3 is 5.97 Å². The summed E-state index contributed by atoms with van der Waals surface area (Å²) in [6.45, 7) is 3.73. The summed E-state index contributed by atoms with van der Waals surface area (Å²) >= 11 is 0. The van der Waals surface area contributed by atoms with Crippen LogP contribution >= 0.6 is 0 Å². The van der Waals surface area contributed by atoms with Crippen LogP contribution in [0.25, 0.3) is 11.0 Å². The van der Waals surface area contributed by atoms with Gasteiger partial charge in [0.1, 0.15) is 11.5 Å². The summed E-state index contributed by atoms with van der Waals surface area (Å²) in [7, 11) is 2.02. The number of aliphatic carboxylic acids is 1. The van der Waals surface area contributed by atoms with Crippen molar-refractivity contribution in [3.8, 4) is 11.5 Å². The molecule has 1 atom stereocenters. The lowest BCUT2D eigenvalue weighted by molar-refractivity contribution is -0.145. The highest BCUT2D eigenvalue weighted by Crippen LogP contribution is 2.24. The first-order chi connectivity index (χ1) is 17.0. The van der Waals surface area contributed by atoms with Crippen LogP contribution in [0.3, 0.4) is 0 Å². The van der Waals surface area contributed by atoms with E-state index in [1.807, 2.05) is 73.8 Å². The fourth-order valence-corrected chi connectivity index (χ4v) is 4.04. The molecule has 0 aliphatic heterocycles. The van der Waals surface area contributed by atoms with E-state index in [1.165, 1.54) is 0 Å². The Morgan fingerprint density at radius 1 is 1.03 bits per heavy atom. The van der Waals surface area contributed by atoms with Crippen molar-refractivity contribution in [2.24, 2.45) is 7.05 Å². The number of ether oxygens (including phenoxy) is 2. The molecule has 0 aliphatic rings. The van der Waals surface area contributed by atoms with Gasteiger partial charge in [0.2, 0.25) is 5.95 Å². The second kappa shape index (κ2) is 11.4. The Labute approximate surface area is 205 Å². The summed E-state index contributed by atoms with van der Waals surface area (Å²) in [4.78, 5) is 18.5. The Balaban J connectivity index is 1.52. The van der Waals surface area contributed by atoms with Gasteiger partial charge in [0.15, 0.2) is 6.10 Å². The largest absolute Gasteiger partial charge is 0.494 e. The molecule has 1 N–H and O–H groups in total. The van der Waals surface area contributed by atoms with Gasteiger partial charge in [-0.2, -0.15) is 0 Å². The summed E-state index contributed by atoms with van der Waals surface area (Å²) in [5.41, 5.74) is 3.02. The molecule has 0 bridgehead atoms. The number of fused-ring (bicyclic) bond motifs is 1. The van der Waals surface area contributed by atoms with Crippen molar-refractivity contribution in [3.05, 3.63) is 84.4 Å². The molecule has 182 valence electrons. The summed E-state index contributed by atoms with van der Waals surface area (Å²) in [6.07, 6.45) is 0.342. The number of aromatic nitrogens is 2. The van der Waals surface area contributed by atoms with E-state index in [2.05, 4.69) is 15.5 Å². The van der Waals surface area contributed by atoms with E-state index >= 15 is 0 Å². The number of imidazole rings is 1. The van der Waals surface area contributed by atoms with E-state index in [1.54, 1.807) is 13.0 Å². The van der Waals surface area contributed by atoms with Crippen LogP contribution < -0.4 is 14.4 Å². The number of carboxylic acids is 1. The summed E-state index contributed by atoms with van der Waals surface area (Å²) in [5, 5.41) is 9.34. The Morgan fingerprint density at radius 3 is 2.51 bits per heavy atom. The molecule has 4 aromatic rings. The third-order valence-electron chi connectivity index (χ3n) is 5.83. The van der Waals surface area contributed by atoms with Crippen LogP contribution in [-0.4, -0.2) is 39.9 Å². The van der Waals surface area contributed by atoms with E-state index < -0.39 is 12.1 Å². The fraction of sp³-hybridized carbons (Fsp3) is 0.286. The van der Waals surface area contributed by atoms with Crippen LogP contribution in [0.15, 0.2) is 78.9 Å².